The van der Waals surface area contributed by atoms with Crippen LogP contribution >= 0.6 is 0 Å². The van der Waals surface area contributed by atoms with E-state index in [1.165, 1.54) is 0 Å². The molecule has 0 atom stereocenters. The van der Waals surface area contributed by atoms with Gasteiger partial charge in [0.25, 0.3) is 5.91 Å². The summed E-state index contributed by atoms with van der Waals surface area (Å²) in [6.45, 7) is 2.90. The molecule has 0 aliphatic carbocycles. The van der Waals surface area contributed by atoms with E-state index in [9.17, 15) is 13.2 Å². The summed E-state index contributed by atoms with van der Waals surface area (Å²) in [6, 6.07) is 12.9. The smallest absolute Gasteiger partial charge is 0.251 e. The van der Waals surface area contributed by atoms with Crippen LogP contribution < -0.4 is 10.0 Å². The number of sulfonamides is 1. The largest absolute Gasteiger partial charge is 0.348 e. The summed E-state index contributed by atoms with van der Waals surface area (Å²) < 4.78 is 27.3. The van der Waals surface area contributed by atoms with E-state index in [1.54, 1.807) is 37.6 Å². The van der Waals surface area contributed by atoms with E-state index in [2.05, 4.69) is 15.0 Å². The van der Waals surface area contributed by atoms with Gasteiger partial charge in [-0.15, -0.1) is 0 Å². The molecule has 0 saturated carbocycles. The average molecular weight is 398 g/mol. The maximum Gasteiger partial charge on any atom is 0.251 e. The number of aromatic nitrogens is 2. The van der Waals surface area contributed by atoms with Gasteiger partial charge in [0.1, 0.15) is 0 Å². The minimum atomic E-state index is -3.41. The molecule has 0 saturated heterocycles. The van der Waals surface area contributed by atoms with Gasteiger partial charge in [0.15, 0.2) is 0 Å². The van der Waals surface area contributed by atoms with E-state index in [4.69, 9.17) is 0 Å². The molecular formula is C20H22N4O3S. The molecule has 8 heteroatoms. The highest BCUT2D eigenvalue weighted by atomic mass is 32.2. The van der Waals surface area contributed by atoms with Crippen LogP contribution in [0.25, 0.3) is 0 Å². The maximum atomic E-state index is 12.4. The van der Waals surface area contributed by atoms with Crippen LogP contribution in [0.5, 0.6) is 0 Å². The quantitative estimate of drug-likeness (QED) is 0.640. The average Bonchev–Trinajstić information content (AvgIpc) is 3.14. The van der Waals surface area contributed by atoms with Crippen molar-refractivity contribution in [3.8, 4) is 0 Å². The van der Waals surface area contributed by atoms with Gasteiger partial charge in [-0.3, -0.25) is 9.52 Å². The number of hydrogen-bond donors (Lipinski definition) is 2. The van der Waals surface area contributed by atoms with Crippen molar-refractivity contribution in [1.29, 1.82) is 0 Å². The molecule has 3 rings (SSSR count). The van der Waals surface area contributed by atoms with Crippen LogP contribution in [-0.2, 0) is 23.1 Å². The van der Waals surface area contributed by atoms with Crippen molar-refractivity contribution >= 4 is 21.6 Å². The van der Waals surface area contributed by atoms with Gasteiger partial charge in [-0.1, -0.05) is 30.3 Å². The number of benzene rings is 2. The molecule has 1 amide bonds. The Kier molecular flexibility index (Phi) is 5.79. The first-order valence-electron chi connectivity index (χ1n) is 8.70. The first kappa shape index (κ1) is 19.6. The molecule has 0 unspecified atom stereocenters. The number of anilines is 1. The number of carbonyl (C=O) groups is 1. The number of aryl methyl sites for hydroxylation is 1. The Morgan fingerprint density at radius 3 is 2.46 bits per heavy atom. The molecule has 0 aliphatic rings. The van der Waals surface area contributed by atoms with Crippen molar-refractivity contribution in [2.45, 2.75) is 20.0 Å². The molecule has 0 spiro atoms. The molecule has 2 N–H and O–H groups in total. The van der Waals surface area contributed by atoms with Gasteiger partial charge in [-0.2, -0.15) is 0 Å². The van der Waals surface area contributed by atoms with Crippen molar-refractivity contribution in [1.82, 2.24) is 14.9 Å². The maximum absolute atomic E-state index is 12.4. The minimum Gasteiger partial charge on any atom is -0.348 e. The molecule has 2 aromatic carbocycles. The van der Waals surface area contributed by atoms with Crippen LogP contribution in [0.2, 0.25) is 0 Å². The molecule has 28 heavy (non-hydrogen) atoms. The predicted octanol–water partition coefficient (Wildman–Crippen LogP) is 2.54. The standard InChI is InChI=1S/C20H22N4O3S/c1-15-3-8-18(11-19(15)23-28(2,26)27)20(25)22-12-16-4-6-17(7-5-16)13-24-10-9-21-14-24/h3-11,14,23H,12-13H2,1-2H3,(H,22,25). The number of hydrogen-bond acceptors (Lipinski definition) is 4. The fraction of sp³-hybridized carbons (Fsp3) is 0.200. The van der Waals surface area contributed by atoms with Crippen LogP contribution in [-0.4, -0.2) is 30.1 Å². The van der Waals surface area contributed by atoms with Gasteiger partial charge in [-0.25, -0.2) is 13.4 Å². The number of rotatable bonds is 7. The summed E-state index contributed by atoms with van der Waals surface area (Å²) in [4.78, 5) is 16.4. The van der Waals surface area contributed by atoms with E-state index in [0.717, 1.165) is 29.5 Å². The Hall–Kier alpha value is -3.13. The first-order chi connectivity index (χ1) is 13.3. The fourth-order valence-corrected chi connectivity index (χ4v) is 3.33. The molecule has 3 aromatic rings. The van der Waals surface area contributed by atoms with Crippen LogP contribution in [0.3, 0.4) is 0 Å². The van der Waals surface area contributed by atoms with E-state index < -0.39 is 10.0 Å². The van der Waals surface area contributed by atoms with Gasteiger partial charge in [0, 0.05) is 31.0 Å². The van der Waals surface area contributed by atoms with E-state index >= 15 is 0 Å². The third kappa shape index (κ3) is 5.43. The van der Waals surface area contributed by atoms with Gasteiger partial charge in [0.2, 0.25) is 10.0 Å². The molecule has 7 nitrogen and oxygen atoms in total. The lowest BCUT2D eigenvalue weighted by Crippen LogP contribution is -2.23. The van der Waals surface area contributed by atoms with Crippen molar-refractivity contribution in [2.24, 2.45) is 0 Å². The third-order valence-corrected chi connectivity index (χ3v) is 4.79. The van der Waals surface area contributed by atoms with E-state index in [0.29, 0.717) is 17.8 Å². The van der Waals surface area contributed by atoms with Crippen molar-refractivity contribution in [3.05, 3.63) is 83.4 Å². The highest BCUT2D eigenvalue weighted by molar-refractivity contribution is 7.92. The summed E-state index contributed by atoms with van der Waals surface area (Å²) in [5.74, 6) is -0.265. The molecule has 0 aliphatic heterocycles. The van der Waals surface area contributed by atoms with Gasteiger partial charge < -0.3 is 9.88 Å². The van der Waals surface area contributed by atoms with Crippen molar-refractivity contribution < 1.29 is 13.2 Å². The third-order valence-electron chi connectivity index (χ3n) is 4.20. The topological polar surface area (TPSA) is 93.1 Å². The molecule has 1 aromatic heterocycles. The Bertz CT molecular complexity index is 1060. The molecule has 0 bridgehead atoms. The molecule has 0 fully saturated rings. The summed E-state index contributed by atoms with van der Waals surface area (Å²) in [6.07, 6.45) is 6.49. The van der Waals surface area contributed by atoms with Gasteiger partial charge >= 0.3 is 0 Å². The van der Waals surface area contributed by atoms with Crippen LogP contribution in [0.4, 0.5) is 5.69 Å². The summed E-state index contributed by atoms with van der Waals surface area (Å²) in [5, 5.41) is 2.86. The second kappa shape index (κ2) is 8.26. The van der Waals surface area contributed by atoms with Crippen LogP contribution in [0.1, 0.15) is 27.0 Å². The zero-order valence-corrected chi connectivity index (χ0v) is 16.5. The summed E-state index contributed by atoms with van der Waals surface area (Å²) in [7, 11) is -3.41. The Morgan fingerprint density at radius 1 is 1.11 bits per heavy atom. The fourth-order valence-electron chi connectivity index (χ4n) is 2.71. The molecule has 0 radical (unpaired) electrons. The molecule has 146 valence electrons. The van der Waals surface area contributed by atoms with Crippen LogP contribution in [0, 0.1) is 6.92 Å². The molecular weight excluding hydrogens is 376 g/mol. The zero-order valence-electron chi connectivity index (χ0n) is 15.7. The summed E-state index contributed by atoms with van der Waals surface area (Å²) in [5.41, 5.74) is 3.66. The highest BCUT2D eigenvalue weighted by Gasteiger charge is 2.10. The van der Waals surface area contributed by atoms with E-state index in [-0.39, 0.29) is 5.91 Å². The normalized spacial score (nSPS) is 11.2. The number of imidazole rings is 1. The minimum absolute atomic E-state index is 0.265. The number of amides is 1. The second-order valence-corrected chi connectivity index (χ2v) is 8.39. The number of nitrogens with one attached hydrogen (secondary N) is 2. The number of carbonyl (C=O) groups excluding carboxylic acids is 1. The zero-order chi connectivity index (χ0) is 20.1. The second-order valence-electron chi connectivity index (χ2n) is 6.64. The first-order valence-corrected chi connectivity index (χ1v) is 10.6. The van der Waals surface area contributed by atoms with Gasteiger partial charge in [-0.05, 0) is 35.7 Å². The SMILES string of the molecule is Cc1ccc(C(=O)NCc2ccc(Cn3ccnc3)cc2)cc1NS(C)(=O)=O. The van der Waals surface area contributed by atoms with E-state index in [1.807, 2.05) is 35.0 Å². The lowest BCUT2D eigenvalue weighted by molar-refractivity contribution is 0.0951. The Balaban J connectivity index is 1.61. The highest BCUT2D eigenvalue weighted by Crippen LogP contribution is 2.18. The monoisotopic (exact) mass is 398 g/mol. The Labute approximate surface area is 164 Å². The summed E-state index contributed by atoms with van der Waals surface area (Å²) >= 11 is 0. The predicted molar refractivity (Wildman–Crippen MR) is 109 cm³/mol. The number of nitrogens with zero attached hydrogens (tertiary/aromatic N) is 2. The molecule has 1 heterocycles. The van der Waals surface area contributed by atoms with Crippen molar-refractivity contribution in [2.75, 3.05) is 11.0 Å². The lowest BCUT2D eigenvalue weighted by atomic mass is 10.1. The lowest BCUT2D eigenvalue weighted by Gasteiger charge is -2.11. The van der Waals surface area contributed by atoms with Crippen molar-refractivity contribution in [3.63, 3.8) is 0 Å². The Morgan fingerprint density at radius 2 is 1.82 bits per heavy atom. The van der Waals surface area contributed by atoms with Crippen LogP contribution in [0.15, 0.2) is 61.2 Å². The van der Waals surface area contributed by atoms with Gasteiger partial charge in [0.05, 0.1) is 18.3 Å².